The van der Waals surface area contributed by atoms with Gasteiger partial charge in [-0.25, -0.2) is 13.2 Å². The van der Waals surface area contributed by atoms with Gasteiger partial charge in [0.2, 0.25) is 0 Å². The van der Waals surface area contributed by atoms with E-state index in [0.717, 1.165) is 13.1 Å². The number of anilines is 2. The standard InChI is InChI=1S/C28H29F3N6/c1-36(24-8-6-18(14-22(24)29)27-32-10-11-33-27)16-20-4-3-5-21(26(20)31)17-37(2)25-9-7-19(15-23(25)30)28-34-12-13-35-28/h3-9,14-15H,10-13,16-17H2,1-2H3,(H,32,33)(H,34,35). The first-order valence-corrected chi connectivity index (χ1v) is 12.3. The molecule has 2 heterocycles. The van der Waals surface area contributed by atoms with Crippen LogP contribution in [0.2, 0.25) is 0 Å². The van der Waals surface area contributed by atoms with Crippen molar-refractivity contribution in [2.24, 2.45) is 9.98 Å². The lowest BCUT2D eigenvalue weighted by Crippen LogP contribution is -2.23. The average Bonchev–Trinajstić information content (AvgIpc) is 3.61. The molecule has 0 bridgehead atoms. The van der Waals surface area contributed by atoms with Gasteiger partial charge in [0.25, 0.3) is 0 Å². The Morgan fingerprint density at radius 3 is 1.54 bits per heavy atom. The number of halogens is 3. The fourth-order valence-electron chi connectivity index (χ4n) is 4.67. The summed E-state index contributed by atoms with van der Waals surface area (Å²) in [6, 6.07) is 15.0. The molecule has 0 unspecified atom stereocenters. The summed E-state index contributed by atoms with van der Waals surface area (Å²) < 4.78 is 45.3. The largest absolute Gasteiger partial charge is 0.368 e. The number of benzene rings is 3. The highest BCUT2D eigenvalue weighted by atomic mass is 19.1. The summed E-state index contributed by atoms with van der Waals surface area (Å²) in [5.74, 6) is 0.192. The molecule has 0 radical (unpaired) electrons. The molecule has 0 atom stereocenters. The van der Waals surface area contributed by atoms with Crippen molar-refractivity contribution in [3.8, 4) is 0 Å². The van der Waals surface area contributed by atoms with Crippen LogP contribution in [0, 0.1) is 17.5 Å². The number of nitrogens with zero attached hydrogens (tertiary/aromatic N) is 4. The number of rotatable bonds is 8. The summed E-state index contributed by atoms with van der Waals surface area (Å²) in [5.41, 5.74) is 2.98. The maximum atomic E-state index is 15.5. The number of hydrogen-bond donors (Lipinski definition) is 2. The van der Waals surface area contributed by atoms with Gasteiger partial charge in [0.05, 0.1) is 24.5 Å². The average molecular weight is 507 g/mol. The molecular formula is C28H29F3N6. The summed E-state index contributed by atoms with van der Waals surface area (Å²) in [5, 5.41) is 6.27. The van der Waals surface area contributed by atoms with Crippen molar-refractivity contribution in [1.82, 2.24) is 10.6 Å². The zero-order valence-electron chi connectivity index (χ0n) is 20.9. The van der Waals surface area contributed by atoms with Crippen LogP contribution >= 0.6 is 0 Å². The normalized spacial score (nSPS) is 14.6. The smallest absolute Gasteiger partial charge is 0.147 e. The van der Waals surface area contributed by atoms with Crippen LogP contribution in [-0.4, -0.2) is 51.9 Å². The minimum Gasteiger partial charge on any atom is -0.368 e. The maximum Gasteiger partial charge on any atom is 0.147 e. The Labute approximate surface area is 214 Å². The molecular weight excluding hydrogens is 477 g/mol. The summed E-state index contributed by atoms with van der Waals surface area (Å²) in [6.45, 7) is 3.19. The van der Waals surface area contributed by atoms with Gasteiger partial charge in [-0.05, 0) is 36.4 Å². The van der Waals surface area contributed by atoms with Gasteiger partial charge < -0.3 is 20.4 Å². The molecule has 192 valence electrons. The Morgan fingerprint density at radius 2 is 1.16 bits per heavy atom. The molecule has 2 N–H and O–H groups in total. The minimum absolute atomic E-state index is 0.178. The molecule has 3 aromatic carbocycles. The molecule has 5 rings (SSSR count). The summed E-state index contributed by atoms with van der Waals surface area (Å²) in [7, 11) is 3.45. The van der Waals surface area contributed by atoms with Gasteiger partial charge in [0.1, 0.15) is 29.1 Å². The van der Waals surface area contributed by atoms with Crippen LogP contribution in [0.3, 0.4) is 0 Å². The molecule has 0 aliphatic carbocycles. The summed E-state index contributed by atoms with van der Waals surface area (Å²) >= 11 is 0. The molecule has 0 aromatic heterocycles. The van der Waals surface area contributed by atoms with E-state index >= 15 is 4.39 Å². The highest BCUT2D eigenvalue weighted by Crippen LogP contribution is 2.26. The summed E-state index contributed by atoms with van der Waals surface area (Å²) in [4.78, 5) is 12.0. The van der Waals surface area contributed by atoms with E-state index in [1.165, 1.54) is 12.1 Å². The monoisotopic (exact) mass is 506 g/mol. The lowest BCUT2D eigenvalue weighted by atomic mass is 10.1. The van der Waals surface area contributed by atoms with Gasteiger partial charge in [-0.15, -0.1) is 0 Å². The third-order valence-electron chi connectivity index (χ3n) is 6.59. The third-order valence-corrected chi connectivity index (χ3v) is 6.59. The predicted octanol–water partition coefficient (Wildman–Crippen LogP) is 4.08. The van der Waals surface area contributed by atoms with E-state index in [1.807, 2.05) is 12.1 Å². The zero-order valence-corrected chi connectivity index (χ0v) is 20.9. The van der Waals surface area contributed by atoms with Gasteiger partial charge in [-0.2, -0.15) is 0 Å². The van der Waals surface area contributed by atoms with Crippen LogP contribution in [0.15, 0.2) is 64.6 Å². The first kappa shape index (κ1) is 24.7. The molecule has 9 heteroatoms. The highest BCUT2D eigenvalue weighted by molar-refractivity contribution is 6.00. The molecule has 0 amide bonds. The fraction of sp³-hybridized carbons (Fsp3) is 0.286. The van der Waals surface area contributed by atoms with E-state index in [1.54, 1.807) is 54.2 Å². The van der Waals surface area contributed by atoms with Gasteiger partial charge >= 0.3 is 0 Å². The molecule has 6 nitrogen and oxygen atoms in total. The first-order chi connectivity index (χ1) is 17.9. The topological polar surface area (TPSA) is 55.3 Å². The molecule has 0 fully saturated rings. The van der Waals surface area contributed by atoms with Crippen molar-refractivity contribution in [3.63, 3.8) is 0 Å². The fourth-order valence-corrected chi connectivity index (χ4v) is 4.67. The Hall–Kier alpha value is -4.01. The van der Waals surface area contributed by atoms with Crippen molar-refractivity contribution < 1.29 is 13.2 Å². The second-order valence-electron chi connectivity index (χ2n) is 9.25. The first-order valence-electron chi connectivity index (χ1n) is 12.3. The lowest BCUT2D eigenvalue weighted by Gasteiger charge is -2.23. The molecule has 0 saturated heterocycles. The van der Waals surface area contributed by atoms with Crippen molar-refractivity contribution in [1.29, 1.82) is 0 Å². The van der Waals surface area contributed by atoms with E-state index in [9.17, 15) is 8.78 Å². The quantitative estimate of drug-likeness (QED) is 0.484. The van der Waals surface area contributed by atoms with Crippen LogP contribution < -0.4 is 20.4 Å². The van der Waals surface area contributed by atoms with Crippen LogP contribution in [0.25, 0.3) is 0 Å². The second kappa shape index (κ2) is 10.5. The van der Waals surface area contributed by atoms with E-state index in [2.05, 4.69) is 20.6 Å². The van der Waals surface area contributed by atoms with E-state index in [-0.39, 0.29) is 18.9 Å². The Morgan fingerprint density at radius 1 is 0.703 bits per heavy atom. The van der Waals surface area contributed by atoms with Gasteiger partial charge in [-0.3, -0.25) is 9.98 Å². The summed E-state index contributed by atoms with van der Waals surface area (Å²) in [6.07, 6.45) is 0. The Kier molecular flexibility index (Phi) is 7.03. The minimum atomic E-state index is -0.398. The zero-order chi connectivity index (χ0) is 25.9. The van der Waals surface area contributed by atoms with Crippen molar-refractivity contribution >= 4 is 23.0 Å². The Balaban J connectivity index is 1.29. The highest BCUT2D eigenvalue weighted by Gasteiger charge is 2.18. The van der Waals surface area contributed by atoms with Crippen molar-refractivity contribution in [2.75, 3.05) is 50.1 Å². The molecule has 0 saturated carbocycles. The molecule has 37 heavy (non-hydrogen) atoms. The van der Waals surface area contributed by atoms with Crippen molar-refractivity contribution in [2.45, 2.75) is 13.1 Å². The van der Waals surface area contributed by atoms with Gasteiger partial charge in [0, 0.05) is 62.5 Å². The van der Waals surface area contributed by atoms with Crippen LogP contribution in [0.4, 0.5) is 24.5 Å². The van der Waals surface area contributed by atoms with E-state index in [0.29, 0.717) is 58.4 Å². The molecule has 0 spiro atoms. The molecule has 2 aliphatic heterocycles. The van der Waals surface area contributed by atoms with Gasteiger partial charge in [0.15, 0.2) is 0 Å². The van der Waals surface area contributed by atoms with Gasteiger partial charge in [-0.1, -0.05) is 18.2 Å². The van der Waals surface area contributed by atoms with E-state index in [4.69, 9.17) is 0 Å². The number of amidine groups is 2. The second-order valence-corrected chi connectivity index (χ2v) is 9.25. The van der Waals surface area contributed by atoms with Crippen LogP contribution in [0.1, 0.15) is 22.3 Å². The maximum absolute atomic E-state index is 15.5. The third kappa shape index (κ3) is 5.26. The SMILES string of the molecule is CN(Cc1cccc(CN(C)c2ccc(C3=NCCN3)cc2F)c1F)c1ccc(C2=NCCN2)cc1F. The van der Waals surface area contributed by atoms with E-state index < -0.39 is 11.6 Å². The molecule has 2 aliphatic rings. The number of hydrogen-bond acceptors (Lipinski definition) is 6. The predicted molar refractivity (Wildman–Crippen MR) is 142 cm³/mol. The lowest BCUT2D eigenvalue weighted by molar-refractivity contribution is 0.583. The Bertz CT molecular complexity index is 1270. The number of aliphatic imine (C=N–C) groups is 2. The molecule has 3 aromatic rings. The van der Waals surface area contributed by atoms with Crippen LogP contribution in [0.5, 0.6) is 0 Å². The van der Waals surface area contributed by atoms with Crippen molar-refractivity contribution in [3.05, 3.63) is 94.3 Å². The van der Waals surface area contributed by atoms with Crippen LogP contribution in [-0.2, 0) is 13.1 Å². The number of nitrogens with one attached hydrogen (secondary N) is 2.